The molecule has 0 unspecified atom stereocenters. The lowest BCUT2D eigenvalue weighted by Crippen LogP contribution is -2.22. The van der Waals surface area contributed by atoms with Crippen LogP contribution in [0.4, 0.5) is 5.69 Å². The predicted molar refractivity (Wildman–Crippen MR) is 62.5 cm³/mol. The van der Waals surface area contributed by atoms with E-state index in [1.807, 2.05) is 18.2 Å². The number of hydrogen-bond donors (Lipinski definition) is 3. The molecule has 0 saturated heterocycles. The van der Waals surface area contributed by atoms with Crippen molar-refractivity contribution in [3.63, 3.8) is 0 Å². The van der Waals surface area contributed by atoms with Crippen molar-refractivity contribution < 1.29 is 9.90 Å². The molecule has 0 spiro atoms. The monoisotopic (exact) mass is 221 g/mol. The van der Waals surface area contributed by atoms with Crippen LogP contribution in [0.3, 0.4) is 0 Å². The fourth-order valence-electron chi connectivity index (χ4n) is 1.40. The number of guanidine groups is 1. The van der Waals surface area contributed by atoms with E-state index in [1.54, 1.807) is 6.07 Å². The maximum Gasteiger partial charge on any atom is 0.303 e. The van der Waals surface area contributed by atoms with Crippen molar-refractivity contribution in [1.29, 1.82) is 0 Å². The highest BCUT2D eigenvalue weighted by atomic mass is 16.4. The molecule has 0 aromatic heterocycles. The molecule has 0 fully saturated rings. The summed E-state index contributed by atoms with van der Waals surface area (Å²) in [5.74, 6) is -0.787. The second-order valence-corrected chi connectivity index (χ2v) is 3.41. The van der Waals surface area contributed by atoms with Crippen molar-refractivity contribution in [2.45, 2.75) is 19.3 Å². The summed E-state index contributed by atoms with van der Waals surface area (Å²) in [6, 6.07) is 7.41. The summed E-state index contributed by atoms with van der Waals surface area (Å²) in [5.41, 5.74) is 12.3. The maximum atomic E-state index is 10.4. The second kappa shape index (κ2) is 5.75. The van der Waals surface area contributed by atoms with E-state index in [2.05, 4.69) is 4.99 Å². The quantitative estimate of drug-likeness (QED) is 0.510. The molecule has 0 heterocycles. The van der Waals surface area contributed by atoms with Gasteiger partial charge in [0.1, 0.15) is 0 Å². The Morgan fingerprint density at radius 3 is 2.62 bits per heavy atom. The van der Waals surface area contributed by atoms with Gasteiger partial charge in [0.25, 0.3) is 0 Å². The molecule has 86 valence electrons. The Morgan fingerprint density at radius 2 is 2.00 bits per heavy atom. The minimum atomic E-state index is -0.792. The fourth-order valence-corrected chi connectivity index (χ4v) is 1.40. The summed E-state index contributed by atoms with van der Waals surface area (Å²) >= 11 is 0. The molecule has 0 aliphatic carbocycles. The molecule has 1 rings (SSSR count). The van der Waals surface area contributed by atoms with Crippen LogP contribution in [-0.2, 0) is 11.2 Å². The minimum Gasteiger partial charge on any atom is -0.481 e. The van der Waals surface area contributed by atoms with Gasteiger partial charge in [-0.2, -0.15) is 0 Å². The standard InChI is InChI=1S/C11H15N3O2/c12-11(13)14-9-6-2-1-4-8(9)5-3-7-10(15)16/h1-2,4,6H,3,5,7H2,(H,15,16)(H4,12,13,14). The van der Waals surface area contributed by atoms with E-state index in [0.717, 1.165) is 5.56 Å². The highest BCUT2D eigenvalue weighted by molar-refractivity contribution is 5.79. The van der Waals surface area contributed by atoms with Gasteiger partial charge in [-0.3, -0.25) is 4.79 Å². The molecule has 1 aromatic rings. The topological polar surface area (TPSA) is 102 Å². The zero-order valence-corrected chi connectivity index (χ0v) is 8.89. The Kier molecular flexibility index (Phi) is 4.32. The van der Waals surface area contributed by atoms with E-state index >= 15 is 0 Å². The van der Waals surface area contributed by atoms with Gasteiger partial charge in [-0.05, 0) is 24.5 Å². The molecule has 0 saturated carbocycles. The van der Waals surface area contributed by atoms with Gasteiger partial charge in [0.05, 0.1) is 5.69 Å². The van der Waals surface area contributed by atoms with Crippen molar-refractivity contribution >= 4 is 17.6 Å². The van der Waals surface area contributed by atoms with Crippen molar-refractivity contribution in [2.75, 3.05) is 0 Å². The van der Waals surface area contributed by atoms with Gasteiger partial charge in [-0.1, -0.05) is 18.2 Å². The number of hydrogen-bond acceptors (Lipinski definition) is 2. The number of aliphatic imine (C=N–C) groups is 1. The molecule has 5 N–H and O–H groups in total. The molecule has 16 heavy (non-hydrogen) atoms. The first-order valence-electron chi connectivity index (χ1n) is 4.99. The molecule has 0 radical (unpaired) electrons. The SMILES string of the molecule is NC(N)=Nc1ccccc1CCCC(=O)O. The number of aryl methyl sites for hydroxylation is 1. The van der Waals surface area contributed by atoms with Crippen LogP contribution in [0.5, 0.6) is 0 Å². The number of benzene rings is 1. The fraction of sp³-hybridized carbons (Fsp3) is 0.273. The van der Waals surface area contributed by atoms with Gasteiger partial charge in [0.15, 0.2) is 5.96 Å². The van der Waals surface area contributed by atoms with E-state index in [9.17, 15) is 4.79 Å². The molecule has 0 amide bonds. The summed E-state index contributed by atoms with van der Waals surface area (Å²) in [6.07, 6.45) is 1.38. The Balaban J connectivity index is 2.71. The summed E-state index contributed by atoms with van der Waals surface area (Å²) in [5, 5.41) is 8.54. The molecule has 0 aliphatic rings. The van der Waals surface area contributed by atoms with Gasteiger partial charge >= 0.3 is 5.97 Å². The lowest BCUT2D eigenvalue weighted by molar-refractivity contribution is -0.137. The van der Waals surface area contributed by atoms with Crippen LogP contribution in [-0.4, -0.2) is 17.0 Å². The first-order chi connectivity index (χ1) is 7.59. The molecular weight excluding hydrogens is 206 g/mol. The van der Waals surface area contributed by atoms with E-state index in [1.165, 1.54) is 0 Å². The van der Waals surface area contributed by atoms with Gasteiger partial charge in [-0.25, -0.2) is 4.99 Å². The highest BCUT2D eigenvalue weighted by Crippen LogP contribution is 2.20. The Hall–Kier alpha value is -2.04. The molecular formula is C11H15N3O2. The van der Waals surface area contributed by atoms with E-state index < -0.39 is 5.97 Å². The smallest absolute Gasteiger partial charge is 0.303 e. The molecule has 0 atom stereocenters. The van der Waals surface area contributed by atoms with Crippen LogP contribution in [0.2, 0.25) is 0 Å². The molecule has 0 bridgehead atoms. The zero-order chi connectivity index (χ0) is 12.0. The van der Waals surface area contributed by atoms with Crippen molar-refractivity contribution in [3.8, 4) is 0 Å². The largest absolute Gasteiger partial charge is 0.481 e. The van der Waals surface area contributed by atoms with Crippen LogP contribution in [0.15, 0.2) is 29.3 Å². The maximum absolute atomic E-state index is 10.4. The average molecular weight is 221 g/mol. The van der Waals surface area contributed by atoms with Gasteiger partial charge < -0.3 is 16.6 Å². The lowest BCUT2D eigenvalue weighted by atomic mass is 10.1. The van der Waals surface area contributed by atoms with Crippen molar-refractivity contribution in [2.24, 2.45) is 16.5 Å². The van der Waals surface area contributed by atoms with Crippen LogP contribution in [0.1, 0.15) is 18.4 Å². The third kappa shape index (κ3) is 4.00. The number of carboxylic acids is 1. The van der Waals surface area contributed by atoms with Gasteiger partial charge in [0.2, 0.25) is 0 Å². The number of aliphatic carboxylic acids is 1. The first-order valence-corrected chi connectivity index (χ1v) is 4.99. The Labute approximate surface area is 93.8 Å². The Morgan fingerprint density at radius 1 is 1.31 bits per heavy atom. The summed E-state index contributed by atoms with van der Waals surface area (Å²) in [7, 11) is 0. The van der Waals surface area contributed by atoms with Gasteiger partial charge in [-0.15, -0.1) is 0 Å². The van der Waals surface area contributed by atoms with Crippen molar-refractivity contribution in [3.05, 3.63) is 29.8 Å². The number of nitrogens with zero attached hydrogens (tertiary/aromatic N) is 1. The zero-order valence-electron chi connectivity index (χ0n) is 8.89. The third-order valence-electron chi connectivity index (χ3n) is 2.08. The lowest BCUT2D eigenvalue weighted by Gasteiger charge is -2.04. The van der Waals surface area contributed by atoms with Crippen LogP contribution >= 0.6 is 0 Å². The normalized spacial score (nSPS) is 9.75. The first kappa shape index (κ1) is 12.0. The number of carbonyl (C=O) groups is 1. The van der Waals surface area contributed by atoms with E-state index in [0.29, 0.717) is 18.5 Å². The highest BCUT2D eigenvalue weighted by Gasteiger charge is 2.02. The summed E-state index contributed by atoms with van der Waals surface area (Å²) in [4.78, 5) is 14.4. The predicted octanol–water partition coefficient (Wildman–Crippen LogP) is 0.999. The number of nitrogens with two attached hydrogens (primary N) is 2. The average Bonchev–Trinajstić information content (AvgIpc) is 2.19. The van der Waals surface area contributed by atoms with Crippen LogP contribution in [0, 0.1) is 0 Å². The van der Waals surface area contributed by atoms with E-state index in [4.69, 9.17) is 16.6 Å². The summed E-state index contributed by atoms with van der Waals surface area (Å²) < 4.78 is 0. The second-order valence-electron chi connectivity index (χ2n) is 3.41. The molecule has 0 aliphatic heterocycles. The number of carboxylic acid groups (broad SMARTS) is 1. The van der Waals surface area contributed by atoms with Crippen LogP contribution in [0.25, 0.3) is 0 Å². The molecule has 5 nitrogen and oxygen atoms in total. The van der Waals surface area contributed by atoms with Crippen molar-refractivity contribution in [1.82, 2.24) is 0 Å². The Bertz CT molecular complexity index is 398. The third-order valence-corrected chi connectivity index (χ3v) is 2.08. The number of rotatable bonds is 5. The minimum absolute atomic E-state index is 0.00526. The molecule has 1 aromatic carbocycles. The summed E-state index contributed by atoms with van der Waals surface area (Å²) in [6.45, 7) is 0. The van der Waals surface area contributed by atoms with E-state index in [-0.39, 0.29) is 12.4 Å². The van der Waals surface area contributed by atoms with Gasteiger partial charge in [0, 0.05) is 6.42 Å². The molecule has 5 heteroatoms. The van der Waals surface area contributed by atoms with Crippen LogP contribution < -0.4 is 11.5 Å². The number of para-hydroxylation sites is 1.